The number of hydrogen-bond acceptors (Lipinski definition) is 4. The van der Waals surface area contributed by atoms with Crippen LogP contribution in [0.1, 0.15) is 57.6 Å². The number of aryl methyl sites for hydroxylation is 2. The molecular formula is C27H29N3OS. The number of nitrogens with one attached hydrogen (secondary N) is 1. The van der Waals surface area contributed by atoms with Crippen molar-refractivity contribution in [3.63, 3.8) is 0 Å². The van der Waals surface area contributed by atoms with Crippen LogP contribution in [0.25, 0.3) is 0 Å². The normalized spacial score (nSPS) is 15.8. The Kier molecular flexibility index (Phi) is 6.08. The average Bonchev–Trinajstić information content (AvgIpc) is 3.47. The predicted molar refractivity (Wildman–Crippen MR) is 135 cm³/mol. The first-order valence-corrected chi connectivity index (χ1v) is 12.4. The number of carbonyl (C=O) groups is 1. The van der Waals surface area contributed by atoms with Crippen LogP contribution in [0.3, 0.4) is 0 Å². The Bertz CT molecular complexity index is 1140. The Labute approximate surface area is 194 Å². The first kappa shape index (κ1) is 21.0. The Morgan fingerprint density at radius 2 is 1.81 bits per heavy atom. The Hall–Kier alpha value is -2.92. The van der Waals surface area contributed by atoms with Gasteiger partial charge < -0.3 is 10.2 Å². The van der Waals surface area contributed by atoms with Crippen LogP contribution in [0.4, 0.5) is 16.4 Å². The molecule has 2 aliphatic rings. The van der Waals surface area contributed by atoms with E-state index < -0.39 is 0 Å². The van der Waals surface area contributed by atoms with E-state index in [9.17, 15) is 4.79 Å². The lowest BCUT2D eigenvalue weighted by Gasteiger charge is -2.18. The highest BCUT2D eigenvalue weighted by Gasteiger charge is 2.25. The van der Waals surface area contributed by atoms with Gasteiger partial charge in [-0.05, 0) is 86.4 Å². The van der Waals surface area contributed by atoms with E-state index in [0.717, 1.165) is 54.2 Å². The highest BCUT2D eigenvalue weighted by molar-refractivity contribution is 7.16. The zero-order valence-electron chi connectivity index (χ0n) is 18.6. The van der Waals surface area contributed by atoms with Crippen LogP contribution in [-0.4, -0.2) is 25.2 Å². The molecule has 1 aliphatic carbocycles. The monoisotopic (exact) mass is 443 g/mol. The summed E-state index contributed by atoms with van der Waals surface area (Å²) in [6.45, 7) is 4.43. The van der Waals surface area contributed by atoms with Crippen molar-refractivity contribution in [3.05, 3.63) is 75.7 Å². The number of para-hydroxylation sites is 1. The van der Waals surface area contributed by atoms with Crippen LogP contribution in [0.2, 0.25) is 0 Å². The Morgan fingerprint density at radius 3 is 2.59 bits per heavy atom. The van der Waals surface area contributed by atoms with Crippen molar-refractivity contribution in [1.29, 1.82) is 0 Å². The van der Waals surface area contributed by atoms with Gasteiger partial charge in [-0.25, -0.2) is 4.99 Å². The Balaban J connectivity index is 1.43. The zero-order chi connectivity index (χ0) is 21.9. The van der Waals surface area contributed by atoms with E-state index in [1.807, 2.05) is 36.5 Å². The van der Waals surface area contributed by atoms with E-state index in [4.69, 9.17) is 4.99 Å². The lowest BCUT2D eigenvalue weighted by Crippen LogP contribution is -2.17. The van der Waals surface area contributed by atoms with Crippen molar-refractivity contribution >= 4 is 39.8 Å². The molecule has 0 atom stereocenters. The maximum absolute atomic E-state index is 13.3. The summed E-state index contributed by atoms with van der Waals surface area (Å²) in [6, 6.07) is 16.3. The minimum atomic E-state index is -0.0520. The van der Waals surface area contributed by atoms with Gasteiger partial charge in [0, 0.05) is 35.6 Å². The molecule has 1 amide bonds. The van der Waals surface area contributed by atoms with Gasteiger partial charge in [0.05, 0.1) is 5.56 Å². The number of amides is 1. The topological polar surface area (TPSA) is 44.7 Å². The average molecular weight is 444 g/mol. The molecular weight excluding hydrogens is 414 g/mol. The molecule has 164 valence electrons. The van der Waals surface area contributed by atoms with E-state index in [-0.39, 0.29) is 5.91 Å². The van der Waals surface area contributed by atoms with Crippen molar-refractivity contribution in [1.82, 2.24) is 0 Å². The molecule has 3 aromatic rings. The molecule has 0 unspecified atom stereocenters. The molecule has 32 heavy (non-hydrogen) atoms. The Morgan fingerprint density at radius 1 is 1.03 bits per heavy atom. The molecule has 0 saturated carbocycles. The third kappa shape index (κ3) is 4.35. The number of fused-ring (bicyclic) bond motifs is 1. The summed E-state index contributed by atoms with van der Waals surface area (Å²) in [7, 11) is 0. The van der Waals surface area contributed by atoms with E-state index in [2.05, 4.69) is 35.3 Å². The standard InChI is InChI=1S/C27H29N3OS/c1-19-17-22(30-15-7-8-16-30)14-13-20(19)18-28-27-25(23-11-5-6-12-24(23)32-27)26(31)29-21-9-3-2-4-10-21/h2-4,9-10,13-14,17-18H,5-8,11-12,15-16H2,1H3,(H,29,31). The van der Waals surface area contributed by atoms with Crippen LogP contribution in [0.5, 0.6) is 0 Å². The number of thiophene rings is 1. The molecule has 1 aromatic heterocycles. The molecule has 1 saturated heterocycles. The summed E-state index contributed by atoms with van der Waals surface area (Å²) >= 11 is 1.68. The fourth-order valence-corrected chi connectivity index (χ4v) is 5.93. The molecule has 1 N–H and O–H groups in total. The van der Waals surface area contributed by atoms with Crippen molar-refractivity contribution < 1.29 is 4.79 Å². The van der Waals surface area contributed by atoms with Crippen LogP contribution in [-0.2, 0) is 12.8 Å². The fourth-order valence-electron chi connectivity index (χ4n) is 4.70. The number of anilines is 2. The number of nitrogens with zero attached hydrogens (tertiary/aromatic N) is 2. The van der Waals surface area contributed by atoms with Gasteiger partial charge in [0.15, 0.2) is 0 Å². The smallest absolute Gasteiger partial charge is 0.259 e. The number of rotatable bonds is 5. The van der Waals surface area contributed by atoms with Crippen LogP contribution in [0.15, 0.2) is 53.5 Å². The third-order valence-electron chi connectivity index (χ3n) is 6.46. The zero-order valence-corrected chi connectivity index (χ0v) is 19.4. The first-order chi connectivity index (χ1) is 15.7. The number of hydrogen-bond donors (Lipinski definition) is 1. The summed E-state index contributed by atoms with van der Waals surface area (Å²) in [5, 5.41) is 3.90. The van der Waals surface area contributed by atoms with Crippen molar-refractivity contribution in [2.45, 2.75) is 45.4 Å². The van der Waals surface area contributed by atoms with E-state index >= 15 is 0 Å². The van der Waals surface area contributed by atoms with Gasteiger partial charge in [-0.3, -0.25) is 4.79 Å². The van der Waals surface area contributed by atoms with E-state index in [1.54, 1.807) is 11.3 Å². The van der Waals surface area contributed by atoms with Crippen LogP contribution < -0.4 is 10.2 Å². The highest BCUT2D eigenvalue weighted by atomic mass is 32.1. The number of carbonyl (C=O) groups excluding carboxylic acids is 1. The molecule has 0 spiro atoms. The van der Waals surface area contributed by atoms with Crippen LogP contribution in [0, 0.1) is 6.92 Å². The molecule has 5 rings (SSSR count). The van der Waals surface area contributed by atoms with Gasteiger partial charge in [0.25, 0.3) is 5.91 Å². The quantitative estimate of drug-likeness (QED) is 0.455. The van der Waals surface area contributed by atoms with Gasteiger partial charge in [0.2, 0.25) is 0 Å². The molecule has 0 bridgehead atoms. The second-order valence-electron chi connectivity index (χ2n) is 8.70. The second kappa shape index (κ2) is 9.29. The molecule has 5 heteroatoms. The van der Waals surface area contributed by atoms with Crippen molar-refractivity contribution in [3.8, 4) is 0 Å². The summed E-state index contributed by atoms with van der Waals surface area (Å²) in [5.74, 6) is -0.0520. The van der Waals surface area contributed by atoms with Crippen LogP contribution >= 0.6 is 11.3 Å². The van der Waals surface area contributed by atoms with Gasteiger partial charge in [-0.1, -0.05) is 24.3 Å². The number of benzene rings is 2. The lowest BCUT2D eigenvalue weighted by atomic mass is 9.95. The van der Waals surface area contributed by atoms with Gasteiger partial charge >= 0.3 is 0 Å². The van der Waals surface area contributed by atoms with Crippen molar-refractivity contribution in [2.24, 2.45) is 4.99 Å². The molecule has 1 aliphatic heterocycles. The fraction of sp³-hybridized carbons (Fsp3) is 0.333. The highest BCUT2D eigenvalue weighted by Crippen LogP contribution is 2.40. The molecule has 1 fully saturated rings. The molecule has 2 aromatic carbocycles. The first-order valence-electron chi connectivity index (χ1n) is 11.6. The van der Waals surface area contributed by atoms with E-state index in [0.29, 0.717) is 0 Å². The minimum absolute atomic E-state index is 0.0520. The van der Waals surface area contributed by atoms with Gasteiger partial charge in [-0.15, -0.1) is 11.3 Å². The maximum atomic E-state index is 13.3. The largest absolute Gasteiger partial charge is 0.372 e. The van der Waals surface area contributed by atoms with Gasteiger partial charge in [0.1, 0.15) is 5.00 Å². The predicted octanol–water partition coefficient (Wildman–Crippen LogP) is 6.54. The second-order valence-corrected chi connectivity index (χ2v) is 9.79. The van der Waals surface area contributed by atoms with Gasteiger partial charge in [-0.2, -0.15) is 0 Å². The maximum Gasteiger partial charge on any atom is 0.259 e. The van der Waals surface area contributed by atoms with Crippen molar-refractivity contribution in [2.75, 3.05) is 23.3 Å². The minimum Gasteiger partial charge on any atom is -0.372 e. The summed E-state index contributed by atoms with van der Waals surface area (Å²) < 4.78 is 0. The molecule has 2 heterocycles. The molecule has 4 nitrogen and oxygen atoms in total. The summed E-state index contributed by atoms with van der Waals surface area (Å²) in [4.78, 5) is 21.9. The summed E-state index contributed by atoms with van der Waals surface area (Å²) in [5.41, 5.74) is 6.39. The summed E-state index contributed by atoms with van der Waals surface area (Å²) in [6.07, 6.45) is 8.81. The lowest BCUT2D eigenvalue weighted by molar-refractivity contribution is 0.102. The molecule has 0 radical (unpaired) electrons. The number of aliphatic imine (C=N–C) groups is 1. The van der Waals surface area contributed by atoms with E-state index in [1.165, 1.54) is 41.0 Å². The third-order valence-corrected chi connectivity index (χ3v) is 7.66. The SMILES string of the molecule is Cc1cc(N2CCCC2)ccc1C=Nc1sc2c(c1C(=O)Nc1ccccc1)CCCC2.